The number of hydrogen-bond acceptors (Lipinski definition) is 3. The molecule has 0 saturated carbocycles. The van der Waals surface area contributed by atoms with Crippen molar-refractivity contribution in [3.63, 3.8) is 0 Å². The van der Waals surface area contributed by atoms with Crippen LogP contribution in [0, 0.1) is 21.8 Å². The van der Waals surface area contributed by atoms with Crippen molar-refractivity contribution in [1.29, 1.82) is 5.26 Å². The largest absolute Gasteiger partial charge is 0.235 e. The molecule has 0 atom stereocenters. The van der Waals surface area contributed by atoms with Gasteiger partial charge in [0.1, 0.15) is 11.1 Å². The summed E-state index contributed by atoms with van der Waals surface area (Å²) >= 11 is 3.78. The lowest BCUT2D eigenvalue weighted by Gasteiger charge is -1.99. The summed E-state index contributed by atoms with van der Waals surface area (Å²) in [5.74, 6) is 0. The molecule has 0 aliphatic carbocycles. The maximum atomic E-state index is 9.49. The lowest BCUT2D eigenvalue weighted by atomic mass is 10.1. The van der Waals surface area contributed by atoms with Gasteiger partial charge in [0, 0.05) is 14.5 Å². The highest BCUT2D eigenvalue weighted by molar-refractivity contribution is 14.1. The molecule has 112 valence electrons. The van der Waals surface area contributed by atoms with Crippen LogP contribution in [0.1, 0.15) is 16.1 Å². The highest BCUT2D eigenvalue weighted by Gasteiger charge is 2.09. The molecule has 0 spiro atoms. The molecular formula is C19H13IN2S. The summed E-state index contributed by atoms with van der Waals surface area (Å²) in [7, 11) is 0. The van der Waals surface area contributed by atoms with E-state index in [4.69, 9.17) is 0 Å². The highest BCUT2D eigenvalue weighted by Crippen LogP contribution is 2.28. The van der Waals surface area contributed by atoms with Gasteiger partial charge in [-0.2, -0.15) is 5.26 Å². The Hall–Kier alpha value is -1.97. The van der Waals surface area contributed by atoms with Crippen LogP contribution >= 0.6 is 33.9 Å². The molecule has 0 aliphatic heterocycles. The molecule has 1 heterocycles. The van der Waals surface area contributed by atoms with Gasteiger partial charge in [0.25, 0.3) is 0 Å². The minimum absolute atomic E-state index is 0.595. The Bertz CT molecular complexity index is 902. The molecule has 0 amide bonds. The van der Waals surface area contributed by atoms with E-state index in [2.05, 4.69) is 64.8 Å². The summed E-state index contributed by atoms with van der Waals surface area (Å²) < 4.78 is 1.12. The molecule has 0 unspecified atom stereocenters. The zero-order valence-corrected chi connectivity index (χ0v) is 15.4. The standard InChI is InChI=1S/C19H13IN2S/c1-13-6-8-14(9-7-13)18-12-23-19(22-18)16(11-21)10-15-4-2-3-5-17(15)20/h2-10,12H,1H3. The second-order valence-electron chi connectivity index (χ2n) is 5.10. The zero-order valence-electron chi connectivity index (χ0n) is 12.5. The molecule has 0 aliphatic rings. The van der Waals surface area contributed by atoms with Gasteiger partial charge in [0.05, 0.1) is 11.3 Å². The van der Waals surface area contributed by atoms with Crippen molar-refractivity contribution in [3.8, 4) is 17.3 Å². The third-order valence-electron chi connectivity index (χ3n) is 3.41. The van der Waals surface area contributed by atoms with Gasteiger partial charge in [-0.3, -0.25) is 0 Å². The van der Waals surface area contributed by atoms with E-state index >= 15 is 0 Å². The smallest absolute Gasteiger partial charge is 0.134 e. The number of aryl methyl sites for hydroxylation is 1. The Labute approximate surface area is 153 Å². The van der Waals surface area contributed by atoms with Gasteiger partial charge in [0.15, 0.2) is 0 Å². The zero-order chi connectivity index (χ0) is 16.2. The van der Waals surface area contributed by atoms with Crippen molar-refractivity contribution in [3.05, 3.63) is 73.6 Å². The lowest BCUT2D eigenvalue weighted by molar-refractivity contribution is 1.36. The van der Waals surface area contributed by atoms with Gasteiger partial charge < -0.3 is 0 Å². The van der Waals surface area contributed by atoms with Crippen LogP contribution in [0.5, 0.6) is 0 Å². The maximum Gasteiger partial charge on any atom is 0.134 e. The van der Waals surface area contributed by atoms with Crippen LogP contribution < -0.4 is 0 Å². The van der Waals surface area contributed by atoms with Crippen LogP contribution in [0.4, 0.5) is 0 Å². The van der Waals surface area contributed by atoms with Crippen molar-refractivity contribution in [2.45, 2.75) is 6.92 Å². The van der Waals surface area contributed by atoms with Crippen molar-refractivity contribution in [1.82, 2.24) is 4.98 Å². The molecule has 0 bridgehead atoms. The van der Waals surface area contributed by atoms with E-state index in [0.29, 0.717) is 5.57 Å². The topological polar surface area (TPSA) is 36.7 Å². The molecule has 0 fully saturated rings. The second-order valence-corrected chi connectivity index (χ2v) is 7.12. The summed E-state index contributed by atoms with van der Waals surface area (Å²) in [4.78, 5) is 4.63. The first-order valence-electron chi connectivity index (χ1n) is 7.06. The third-order valence-corrected chi connectivity index (χ3v) is 5.27. The minimum Gasteiger partial charge on any atom is -0.235 e. The van der Waals surface area contributed by atoms with E-state index in [0.717, 1.165) is 25.4 Å². The number of thiazole rings is 1. The Morgan fingerprint density at radius 1 is 1.17 bits per heavy atom. The Balaban J connectivity index is 1.96. The molecule has 3 rings (SSSR count). The number of halogens is 1. The van der Waals surface area contributed by atoms with Crippen LogP contribution in [0.3, 0.4) is 0 Å². The number of nitrogens with zero attached hydrogens (tertiary/aromatic N) is 2. The van der Waals surface area contributed by atoms with E-state index in [1.54, 1.807) is 0 Å². The van der Waals surface area contributed by atoms with Crippen LogP contribution in [-0.2, 0) is 0 Å². The van der Waals surface area contributed by atoms with E-state index in [9.17, 15) is 5.26 Å². The fourth-order valence-corrected chi connectivity index (χ4v) is 3.48. The first-order valence-corrected chi connectivity index (χ1v) is 9.02. The van der Waals surface area contributed by atoms with Crippen LogP contribution in [0.2, 0.25) is 0 Å². The lowest BCUT2D eigenvalue weighted by Crippen LogP contribution is -1.85. The summed E-state index contributed by atoms with van der Waals surface area (Å²) in [6.45, 7) is 2.06. The molecule has 4 heteroatoms. The van der Waals surface area contributed by atoms with Gasteiger partial charge in [-0.25, -0.2) is 4.98 Å². The summed E-state index contributed by atoms with van der Waals surface area (Å²) in [5, 5.41) is 12.2. The van der Waals surface area contributed by atoms with Gasteiger partial charge in [0.2, 0.25) is 0 Å². The first kappa shape index (κ1) is 15.9. The van der Waals surface area contributed by atoms with Crippen LogP contribution in [0.25, 0.3) is 22.9 Å². The number of rotatable bonds is 3. The molecule has 0 N–H and O–H groups in total. The number of benzene rings is 2. The predicted octanol–water partition coefficient (Wildman–Crippen LogP) is 5.79. The molecular weight excluding hydrogens is 415 g/mol. The molecule has 0 radical (unpaired) electrons. The van der Waals surface area contributed by atoms with E-state index in [1.807, 2.05) is 35.7 Å². The van der Waals surface area contributed by atoms with E-state index < -0.39 is 0 Å². The second kappa shape index (κ2) is 7.07. The van der Waals surface area contributed by atoms with Crippen molar-refractivity contribution in [2.75, 3.05) is 0 Å². The van der Waals surface area contributed by atoms with Gasteiger partial charge >= 0.3 is 0 Å². The normalized spacial score (nSPS) is 11.3. The van der Waals surface area contributed by atoms with Crippen molar-refractivity contribution >= 4 is 45.6 Å². The number of hydrogen-bond donors (Lipinski definition) is 0. The van der Waals surface area contributed by atoms with E-state index in [-0.39, 0.29) is 0 Å². The molecule has 3 aromatic rings. The molecule has 1 aromatic heterocycles. The summed E-state index contributed by atoms with van der Waals surface area (Å²) in [6, 6.07) is 18.5. The molecule has 0 saturated heterocycles. The maximum absolute atomic E-state index is 9.49. The monoisotopic (exact) mass is 428 g/mol. The highest BCUT2D eigenvalue weighted by atomic mass is 127. The third kappa shape index (κ3) is 3.69. The Morgan fingerprint density at radius 2 is 1.91 bits per heavy atom. The van der Waals surface area contributed by atoms with Gasteiger partial charge in [-0.1, -0.05) is 48.0 Å². The predicted molar refractivity (Wildman–Crippen MR) is 105 cm³/mol. The summed E-state index contributed by atoms with van der Waals surface area (Å²) in [5.41, 5.74) is 4.84. The molecule has 23 heavy (non-hydrogen) atoms. The fraction of sp³-hybridized carbons (Fsp3) is 0.0526. The van der Waals surface area contributed by atoms with Crippen molar-refractivity contribution in [2.24, 2.45) is 0 Å². The van der Waals surface area contributed by atoms with Crippen LogP contribution in [-0.4, -0.2) is 4.98 Å². The van der Waals surface area contributed by atoms with Crippen molar-refractivity contribution < 1.29 is 0 Å². The minimum atomic E-state index is 0.595. The van der Waals surface area contributed by atoms with Gasteiger partial charge in [-0.05, 0) is 47.2 Å². The first-order chi connectivity index (χ1) is 11.2. The Morgan fingerprint density at radius 3 is 2.61 bits per heavy atom. The molecule has 2 aromatic carbocycles. The van der Waals surface area contributed by atoms with E-state index in [1.165, 1.54) is 16.9 Å². The average Bonchev–Trinajstić information content (AvgIpc) is 3.04. The Kier molecular flexibility index (Phi) is 4.89. The number of allylic oxidation sites excluding steroid dienone is 1. The summed E-state index contributed by atoms with van der Waals surface area (Å²) in [6.07, 6.45) is 1.90. The SMILES string of the molecule is Cc1ccc(-c2csc(C(C#N)=Cc3ccccc3I)n2)cc1. The van der Waals surface area contributed by atoms with Gasteiger partial charge in [-0.15, -0.1) is 11.3 Å². The average molecular weight is 428 g/mol. The number of aromatic nitrogens is 1. The fourth-order valence-electron chi connectivity index (χ4n) is 2.14. The quantitative estimate of drug-likeness (QED) is 0.391. The number of nitriles is 1. The molecule has 2 nitrogen and oxygen atoms in total. The van der Waals surface area contributed by atoms with Crippen LogP contribution in [0.15, 0.2) is 53.9 Å².